The van der Waals surface area contributed by atoms with Crippen LogP contribution in [0.1, 0.15) is 52.0 Å². The van der Waals surface area contributed by atoms with Crippen LogP contribution in [-0.2, 0) is 35.1 Å². The number of benzene rings is 1. The Labute approximate surface area is 216 Å². The van der Waals surface area contributed by atoms with Crippen LogP contribution >= 0.6 is 0 Å². The number of esters is 1. The van der Waals surface area contributed by atoms with E-state index in [0.29, 0.717) is 25.8 Å². The second-order valence-corrected chi connectivity index (χ2v) is 10.4. The molecule has 0 spiro atoms. The lowest BCUT2D eigenvalue weighted by Gasteiger charge is -2.44. The maximum atomic E-state index is 13.5. The topological polar surface area (TPSA) is 143 Å². The summed E-state index contributed by atoms with van der Waals surface area (Å²) in [6.45, 7) is 5.16. The Morgan fingerprint density at radius 2 is 1.84 bits per heavy atom. The number of rotatable bonds is 8. The average Bonchev–Trinajstić information content (AvgIpc) is 3.29. The summed E-state index contributed by atoms with van der Waals surface area (Å²) in [5.74, 6) is -1.86. The zero-order chi connectivity index (χ0) is 27.2. The lowest BCUT2D eigenvalue weighted by molar-refractivity contribution is -0.154. The van der Waals surface area contributed by atoms with Crippen LogP contribution in [0.15, 0.2) is 30.3 Å². The van der Waals surface area contributed by atoms with Crippen molar-refractivity contribution in [1.82, 2.24) is 20.9 Å². The first-order chi connectivity index (χ1) is 17.4. The number of methoxy groups -OCH3 is 1. The summed E-state index contributed by atoms with van der Waals surface area (Å²) in [7, 11) is 1.27. The van der Waals surface area contributed by atoms with E-state index in [9.17, 15) is 24.0 Å². The molecule has 2 aliphatic rings. The standard InChI is InChI=1S/C26H36N4O7/c1-25(2,3)37-24(35)27-16-20(31)28-18-11-13-26(12-8-14-30(26)21(18)32)23(34)29-19(22(33)36-4)15-17-9-6-5-7-10-17/h5-7,9-10,18-19H,8,11-16H2,1-4H3,(H,27,35)(H,28,31)(H,29,34)/t18-,19+,26-/m1/s1. The third-order valence-corrected chi connectivity index (χ3v) is 6.52. The Morgan fingerprint density at radius 1 is 1.14 bits per heavy atom. The fraction of sp³-hybridized carbons (Fsp3) is 0.577. The number of piperidine rings is 1. The molecule has 0 aliphatic carbocycles. The van der Waals surface area contributed by atoms with Gasteiger partial charge in [0.15, 0.2) is 0 Å². The van der Waals surface area contributed by atoms with E-state index in [-0.39, 0.29) is 25.3 Å². The Hall–Kier alpha value is -3.63. The van der Waals surface area contributed by atoms with Crippen LogP contribution in [0, 0.1) is 0 Å². The van der Waals surface area contributed by atoms with E-state index in [0.717, 1.165) is 5.56 Å². The Balaban J connectivity index is 1.63. The van der Waals surface area contributed by atoms with Gasteiger partial charge in [0.25, 0.3) is 0 Å². The lowest BCUT2D eigenvalue weighted by atomic mass is 9.83. The van der Waals surface area contributed by atoms with Crippen molar-refractivity contribution in [1.29, 1.82) is 0 Å². The molecule has 3 atom stereocenters. The molecule has 11 heteroatoms. The predicted octanol–water partition coefficient (Wildman–Crippen LogP) is 1.05. The highest BCUT2D eigenvalue weighted by Gasteiger charge is 2.54. The number of ether oxygens (including phenoxy) is 2. The molecule has 1 aromatic carbocycles. The van der Waals surface area contributed by atoms with Gasteiger partial charge in [-0.2, -0.15) is 0 Å². The van der Waals surface area contributed by atoms with Gasteiger partial charge in [-0.05, 0) is 52.0 Å². The van der Waals surface area contributed by atoms with Gasteiger partial charge in [-0.1, -0.05) is 30.3 Å². The average molecular weight is 517 g/mol. The van der Waals surface area contributed by atoms with Gasteiger partial charge in [-0.15, -0.1) is 0 Å². The van der Waals surface area contributed by atoms with Gasteiger partial charge in [-0.3, -0.25) is 14.4 Å². The van der Waals surface area contributed by atoms with Gasteiger partial charge in [0.2, 0.25) is 17.7 Å². The zero-order valence-electron chi connectivity index (χ0n) is 21.8. The molecular weight excluding hydrogens is 480 g/mol. The number of hydrogen-bond donors (Lipinski definition) is 3. The molecule has 37 heavy (non-hydrogen) atoms. The largest absolute Gasteiger partial charge is 0.467 e. The number of carbonyl (C=O) groups excluding carboxylic acids is 5. The highest BCUT2D eigenvalue weighted by atomic mass is 16.6. The Kier molecular flexibility index (Phi) is 8.77. The highest BCUT2D eigenvalue weighted by molar-refractivity contribution is 5.98. The molecule has 2 saturated heterocycles. The third kappa shape index (κ3) is 6.99. The third-order valence-electron chi connectivity index (χ3n) is 6.52. The van der Waals surface area contributed by atoms with Crippen molar-refractivity contribution >= 4 is 29.8 Å². The molecule has 2 heterocycles. The monoisotopic (exact) mass is 516 g/mol. The Bertz CT molecular complexity index is 1020. The van der Waals surface area contributed by atoms with Crippen LogP contribution in [0.25, 0.3) is 0 Å². The molecule has 0 bridgehead atoms. The number of alkyl carbamates (subject to hydrolysis) is 1. The van der Waals surface area contributed by atoms with Crippen molar-refractivity contribution in [2.75, 3.05) is 20.2 Å². The summed E-state index contributed by atoms with van der Waals surface area (Å²) in [5, 5.41) is 7.84. The molecule has 2 aliphatic heterocycles. The van der Waals surface area contributed by atoms with Gasteiger partial charge in [-0.25, -0.2) is 9.59 Å². The number of hydrogen-bond acceptors (Lipinski definition) is 7. The summed E-state index contributed by atoms with van der Waals surface area (Å²) < 4.78 is 10.0. The summed E-state index contributed by atoms with van der Waals surface area (Å²) in [5.41, 5.74) is -0.926. The fourth-order valence-corrected chi connectivity index (χ4v) is 4.83. The van der Waals surface area contributed by atoms with E-state index in [1.165, 1.54) is 12.0 Å². The van der Waals surface area contributed by atoms with Gasteiger partial charge >= 0.3 is 12.1 Å². The molecule has 0 aromatic heterocycles. The Morgan fingerprint density at radius 3 is 2.49 bits per heavy atom. The van der Waals surface area contributed by atoms with E-state index in [2.05, 4.69) is 16.0 Å². The van der Waals surface area contributed by atoms with Crippen LogP contribution in [0.2, 0.25) is 0 Å². The molecule has 0 saturated carbocycles. The molecular formula is C26H36N4O7. The maximum Gasteiger partial charge on any atom is 0.408 e. The van der Waals surface area contributed by atoms with Crippen molar-refractivity contribution in [3.8, 4) is 0 Å². The molecule has 1 aromatic rings. The van der Waals surface area contributed by atoms with Crippen LogP contribution in [0.4, 0.5) is 4.79 Å². The summed E-state index contributed by atoms with van der Waals surface area (Å²) in [6.07, 6.45) is 1.19. The molecule has 0 unspecified atom stereocenters. The number of carbonyl (C=O) groups is 5. The normalized spacial score (nSPS) is 21.9. The van der Waals surface area contributed by atoms with Crippen molar-refractivity contribution in [2.45, 2.75) is 76.1 Å². The minimum Gasteiger partial charge on any atom is -0.467 e. The van der Waals surface area contributed by atoms with Gasteiger partial charge in [0.1, 0.15) is 29.8 Å². The SMILES string of the molecule is COC(=O)[C@H](Cc1ccccc1)NC(=O)[C@]12CCCN1C(=O)[C@H](NC(=O)CNC(=O)OC(C)(C)C)CC2. The number of nitrogens with zero attached hydrogens (tertiary/aromatic N) is 1. The van der Waals surface area contributed by atoms with Crippen molar-refractivity contribution < 1.29 is 33.4 Å². The summed E-state index contributed by atoms with van der Waals surface area (Å²) in [4.78, 5) is 64.9. The molecule has 3 rings (SSSR count). The minimum absolute atomic E-state index is 0.252. The predicted molar refractivity (Wildman–Crippen MR) is 133 cm³/mol. The molecule has 3 N–H and O–H groups in total. The molecule has 0 radical (unpaired) electrons. The summed E-state index contributed by atoms with van der Waals surface area (Å²) in [6, 6.07) is 7.56. The van der Waals surface area contributed by atoms with E-state index in [1.54, 1.807) is 20.8 Å². The highest BCUT2D eigenvalue weighted by Crippen LogP contribution is 2.38. The van der Waals surface area contributed by atoms with Crippen molar-refractivity contribution in [2.24, 2.45) is 0 Å². The first-order valence-electron chi connectivity index (χ1n) is 12.5. The van der Waals surface area contributed by atoms with Crippen LogP contribution in [0.3, 0.4) is 0 Å². The number of nitrogens with one attached hydrogen (secondary N) is 3. The van der Waals surface area contributed by atoms with E-state index >= 15 is 0 Å². The first-order valence-corrected chi connectivity index (χ1v) is 12.5. The maximum absolute atomic E-state index is 13.5. The molecule has 11 nitrogen and oxygen atoms in total. The second-order valence-electron chi connectivity index (χ2n) is 10.4. The van der Waals surface area contributed by atoms with E-state index in [1.807, 2.05) is 30.3 Å². The molecule has 2 fully saturated rings. The van der Waals surface area contributed by atoms with Crippen molar-refractivity contribution in [3.05, 3.63) is 35.9 Å². The summed E-state index contributed by atoms with van der Waals surface area (Å²) >= 11 is 0. The quantitative estimate of drug-likeness (QED) is 0.438. The second kappa shape index (κ2) is 11.6. The minimum atomic E-state index is -1.09. The van der Waals surface area contributed by atoms with Gasteiger partial charge in [0, 0.05) is 13.0 Å². The first kappa shape index (κ1) is 27.9. The van der Waals surface area contributed by atoms with Crippen LogP contribution in [0.5, 0.6) is 0 Å². The van der Waals surface area contributed by atoms with Gasteiger partial charge < -0.3 is 30.3 Å². The lowest BCUT2D eigenvalue weighted by Crippen LogP contribution is -2.66. The number of amides is 4. The van der Waals surface area contributed by atoms with E-state index < -0.39 is 47.1 Å². The zero-order valence-corrected chi connectivity index (χ0v) is 21.8. The number of fused-ring (bicyclic) bond motifs is 1. The smallest absolute Gasteiger partial charge is 0.408 e. The van der Waals surface area contributed by atoms with E-state index in [4.69, 9.17) is 9.47 Å². The van der Waals surface area contributed by atoms with Crippen LogP contribution in [-0.4, -0.2) is 78.1 Å². The van der Waals surface area contributed by atoms with Gasteiger partial charge in [0.05, 0.1) is 7.11 Å². The van der Waals surface area contributed by atoms with Crippen LogP contribution < -0.4 is 16.0 Å². The van der Waals surface area contributed by atoms with Crippen molar-refractivity contribution in [3.63, 3.8) is 0 Å². The molecule has 4 amide bonds. The molecule has 202 valence electrons. The fourth-order valence-electron chi connectivity index (χ4n) is 4.83.